The van der Waals surface area contributed by atoms with Crippen molar-refractivity contribution in [2.45, 2.75) is 89.1 Å². The van der Waals surface area contributed by atoms with Gasteiger partial charge in [-0.1, -0.05) is 148 Å². The Morgan fingerprint density at radius 3 is 1.20 bits per heavy atom. The molecule has 3 unspecified atom stereocenters. The molecule has 0 bridgehead atoms. The van der Waals surface area contributed by atoms with Gasteiger partial charge in [-0.05, 0) is 155 Å². The van der Waals surface area contributed by atoms with Crippen LogP contribution < -0.4 is 24.9 Å². The minimum atomic E-state index is -5.69. The zero-order chi connectivity index (χ0) is 52.1. The first-order chi connectivity index (χ1) is 35.6. The number of benzene rings is 8. The smallest absolute Gasteiger partial charge is 0.390 e. The molecule has 0 aromatic heterocycles. The summed E-state index contributed by atoms with van der Waals surface area (Å²) in [6, 6.07) is 67.6. The van der Waals surface area contributed by atoms with Crippen LogP contribution in [0.2, 0.25) is 6.55 Å². The lowest BCUT2D eigenvalue weighted by atomic mass is 9.76. The number of anilines is 6. The van der Waals surface area contributed by atoms with Crippen LogP contribution >= 0.6 is 0 Å². The van der Waals surface area contributed by atoms with Crippen LogP contribution in [0, 0.1) is 0 Å². The van der Waals surface area contributed by atoms with Crippen LogP contribution in [-0.4, -0.2) is 37.0 Å². The van der Waals surface area contributed by atoms with Crippen molar-refractivity contribution >= 4 is 52.8 Å². The van der Waals surface area contributed by atoms with Crippen molar-refractivity contribution in [1.82, 2.24) is 0 Å². The molecule has 1 N–H and O–H groups in total. The van der Waals surface area contributed by atoms with Crippen molar-refractivity contribution < 1.29 is 40.6 Å². The summed E-state index contributed by atoms with van der Waals surface area (Å²) in [5.74, 6) is -22.3. The second kappa shape index (κ2) is 21.4. The molecule has 5 nitrogen and oxygen atoms in total. The number of aliphatic hydroxyl groups is 1. The minimum absolute atomic E-state index is 0.175. The molecule has 12 heteroatoms. The topological polar surface area (TPSA) is 45.2 Å². The third-order valence-electron chi connectivity index (χ3n) is 14.0. The van der Waals surface area contributed by atoms with Crippen molar-refractivity contribution in [3.63, 3.8) is 0 Å². The maximum atomic E-state index is 15.0. The number of alkyl halides is 6. The van der Waals surface area contributed by atoms with Crippen LogP contribution in [-0.2, 0) is 23.9 Å². The van der Waals surface area contributed by atoms with Gasteiger partial charge in [0.2, 0.25) is 0 Å². The number of halogens is 6. The highest BCUT2D eigenvalue weighted by Gasteiger charge is 3.01. The van der Waals surface area contributed by atoms with E-state index in [4.69, 9.17) is 4.43 Å². The fourth-order valence-electron chi connectivity index (χ4n) is 9.41. The highest BCUT2D eigenvalue weighted by atomic mass is 28.4. The number of aryl methyl sites for hydroxylation is 2. The fourth-order valence-corrected chi connectivity index (χ4v) is 12.2. The van der Waals surface area contributed by atoms with E-state index in [0.717, 1.165) is 100 Å². The molecular weight excluding hydrogens is 963 g/mol. The molecule has 1 aliphatic rings. The predicted octanol–water partition coefficient (Wildman–Crippen LogP) is 15.9. The van der Waals surface area contributed by atoms with E-state index in [1.165, 1.54) is 29.7 Å². The maximum Gasteiger partial charge on any atom is 0.390 e. The van der Waals surface area contributed by atoms with E-state index in [0.29, 0.717) is 5.19 Å². The van der Waals surface area contributed by atoms with Crippen LogP contribution in [0.25, 0.3) is 11.1 Å². The Balaban J connectivity index is 0.954. The van der Waals surface area contributed by atoms with E-state index in [-0.39, 0.29) is 6.61 Å². The van der Waals surface area contributed by atoms with Gasteiger partial charge in [0, 0.05) is 34.1 Å². The first kappa shape index (κ1) is 51.8. The summed E-state index contributed by atoms with van der Waals surface area (Å²) in [6.45, 7) is 6.51. The Morgan fingerprint density at radius 1 is 0.432 bits per heavy atom. The molecule has 0 radical (unpaired) electrons. The molecule has 0 amide bonds. The Bertz CT molecular complexity index is 3070. The quantitative estimate of drug-likeness (QED) is 0.0609. The average Bonchev–Trinajstić information content (AvgIpc) is 3.43. The number of ether oxygens (including phenoxy) is 1. The van der Waals surface area contributed by atoms with Gasteiger partial charge in [0.1, 0.15) is 5.75 Å². The largest absolute Gasteiger partial charge is 0.448 e. The predicted molar refractivity (Wildman–Crippen MR) is 287 cm³/mol. The maximum absolute atomic E-state index is 15.0. The van der Waals surface area contributed by atoms with E-state index in [1.807, 2.05) is 67.2 Å². The molecule has 9 rings (SSSR count). The Kier molecular flexibility index (Phi) is 15.0. The molecule has 0 saturated heterocycles. The van der Waals surface area contributed by atoms with Gasteiger partial charge in [0.15, 0.2) is 0 Å². The van der Waals surface area contributed by atoms with Crippen LogP contribution in [0.3, 0.4) is 0 Å². The summed E-state index contributed by atoms with van der Waals surface area (Å²) in [7, 11) is -3.13. The summed E-state index contributed by atoms with van der Waals surface area (Å²) in [6.07, 6.45) is 6.61. The SMILES string of the molecule is CCCCc1ccc(N(c2ccccc2)c2ccc(-c3ccc(N(c4ccc(CCCC)cc4)c4ccc(CO[Si](C)(c5ccccc5)c5ccc(OC6(F)C(O)(F)C(F)(F)C6(F)F)cc5)cc4)cc3)cc2)cc1. The van der Waals surface area contributed by atoms with Gasteiger partial charge in [-0.15, -0.1) is 0 Å². The molecule has 0 spiro atoms. The highest BCUT2D eigenvalue weighted by molar-refractivity contribution is 6.96. The standard InChI is InChI=1S/C62H58F6N2O3Si/c1-4-6-14-45-20-30-51(31-21-45)69(50-16-10-8-11-17-50)54-36-26-48(27-37-54)49-28-38-55(39-29-49)70(52-32-22-46(23-33-52)15-7-5-2)53-34-24-47(25-35-53)44-72-74(3,57-18-12-9-13-19-57)58-42-40-56(41-43-58)73-62(68)60(65,66)59(63,64)61(62,67)71/h8-13,16-43,71H,4-7,14-15,44H2,1-3H3. The number of hydrogen-bond acceptors (Lipinski definition) is 5. The number of unbranched alkanes of at least 4 members (excludes halogenated alkanes) is 2. The third kappa shape index (κ3) is 9.86. The summed E-state index contributed by atoms with van der Waals surface area (Å²) in [4.78, 5) is 4.49. The lowest BCUT2D eigenvalue weighted by Crippen LogP contribution is -2.88. The molecule has 380 valence electrons. The van der Waals surface area contributed by atoms with E-state index < -0.39 is 37.6 Å². The molecule has 1 fully saturated rings. The number of para-hydroxylation sites is 1. The molecule has 8 aromatic rings. The molecule has 0 aliphatic heterocycles. The zero-order valence-corrected chi connectivity index (χ0v) is 42.5. The Hall–Kier alpha value is -7.12. The van der Waals surface area contributed by atoms with Gasteiger partial charge in [-0.25, -0.2) is 0 Å². The molecule has 1 saturated carbocycles. The van der Waals surface area contributed by atoms with Crippen molar-refractivity contribution in [1.29, 1.82) is 0 Å². The summed E-state index contributed by atoms with van der Waals surface area (Å²) >= 11 is 0. The van der Waals surface area contributed by atoms with E-state index in [1.54, 1.807) is 0 Å². The second-order valence-corrected chi connectivity index (χ2v) is 22.5. The fraction of sp³-hybridized carbons (Fsp3) is 0.226. The van der Waals surface area contributed by atoms with Crippen molar-refractivity contribution in [3.8, 4) is 16.9 Å². The average molecular weight is 1020 g/mol. The van der Waals surface area contributed by atoms with Gasteiger partial charge in [0.25, 0.3) is 8.32 Å². The van der Waals surface area contributed by atoms with E-state index in [9.17, 15) is 27.1 Å². The third-order valence-corrected chi connectivity index (χ3v) is 17.6. The normalized spacial score (nSPS) is 18.5. The molecular formula is C62H58F6N2O3Si. The van der Waals surface area contributed by atoms with Gasteiger partial charge in [-0.3, -0.25) is 0 Å². The lowest BCUT2D eigenvalue weighted by Gasteiger charge is -2.53. The summed E-state index contributed by atoms with van der Waals surface area (Å²) in [5.41, 5.74) is 11.8. The molecule has 8 aromatic carbocycles. The molecule has 74 heavy (non-hydrogen) atoms. The van der Waals surface area contributed by atoms with Crippen molar-refractivity contribution in [2.75, 3.05) is 9.80 Å². The number of nitrogens with zero attached hydrogens (tertiary/aromatic N) is 2. The lowest BCUT2D eigenvalue weighted by molar-refractivity contribution is -0.535. The van der Waals surface area contributed by atoms with Gasteiger partial charge < -0.3 is 24.1 Å². The monoisotopic (exact) mass is 1020 g/mol. The molecule has 1 aliphatic carbocycles. The van der Waals surface area contributed by atoms with Crippen molar-refractivity contribution in [3.05, 3.63) is 223 Å². The van der Waals surface area contributed by atoms with Gasteiger partial charge >= 0.3 is 23.6 Å². The minimum Gasteiger partial charge on any atom is -0.448 e. The number of rotatable bonds is 20. The van der Waals surface area contributed by atoms with E-state index >= 15 is 4.39 Å². The highest BCUT2D eigenvalue weighted by Crippen LogP contribution is 2.67. The van der Waals surface area contributed by atoms with Crippen LogP contribution in [0.1, 0.15) is 56.2 Å². The van der Waals surface area contributed by atoms with Gasteiger partial charge in [-0.2, -0.15) is 26.3 Å². The van der Waals surface area contributed by atoms with Gasteiger partial charge in [0.05, 0.1) is 6.61 Å². The summed E-state index contributed by atoms with van der Waals surface area (Å²) in [5, 5.41) is 10.8. The first-order valence-electron chi connectivity index (χ1n) is 25.1. The van der Waals surface area contributed by atoms with Crippen LogP contribution in [0.4, 0.5) is 60.5 Å². The Labute approximate surface area is 430 Å². The number of hydrogen-bond donors (Lipinski definition) is 1. The van der Waals surface area contributed by atoms with Crippen LogP contribution in [0.15, 0.2) is 206 Å². The summed E-state index contributed by atoms with van der Waals surface area (Å²) < 4.78 is 96.1. The molecule has 3 atom stereocenters. The second-order valence-electron chi connectivity index (χ2n) is 19.0. The first-order valence-corrected chi connectivity index (χ1v) is 27.5. The van der Waals surface area contributed by atoms with E-state index in [2.05, 4.69) is 150 Å². The Morgan fingerprint density at radius 2 is 0.797 bits per heavy atom. The zero-order valence-electron chi connectivity index (χ0n) is 41.5. The van der Waals surface area contributed by atoms with Crippen molar-refractivity contribution in [2.24, 2.45) is 0 Å². The van der Waals surface area contributed by atoms with Crippen LogP contribution in [0.5, 0.6) is 5.75 Å². The molecule has 0 heterocycles.